The van der Waals surface area contributed by atoms with E-state index in [1.165, 1.54) is 19.1 Å². The summed E-state index contributed by atoms with van der Waals surface area (Å²) in [6.45, 7) is 1.41. The molecule has 144 valence electrons. The van der Waals surface area contributed by atoms with Crippen molar-refractivity contribution in [1.82, 2.24) is 10.9 Å². The first-order chi connectivity index (χ1) is 12.6. The van der Waals surface area contributed by atoms with Crippen molar-refractivity contribution in [1.29, 1.82) is 0 Å². The molecule has 0 aromatic heterocycles. The zero-order valence-electron chi connectivity index (χ0n) is 13.8. The third kappa shape index (κ3) is 6.49. The molecule has 1 unspecified atom stereocenters. The number of hydrogen-bond acceptors (Lipinski definition) is 4. The maximum atomic E-state index is 12.8. The molecule has 0 saturated heterocycles. The predicted octanol–water partition coefficient (Wildman–Crippen LogP) is 2.95. The predicted molar refractivity (Wildman–Crippen MR) is 85.2 cm³/mol. The monoisotopic (exact) mass is 386 g/mol. The number of hydrazine groups is 1. The summed E-state index contributed by atoms with van der Waals surface area (Å²) in [4.78, 5) is 23.8. The molecule has 2 amide bonds. The van der Waals surface area contributed by atoms with Crippen LogP contribution in [-0.4, -0.2) is 24.3 Å². The minimum atomic E-state index is -4.83. The fourth-order valence-corrected chi connectivity index (χ4v) is 1.87. The van der Waals surface area contributed by atoms with Gasteiger partial charge in [0.15, 0.2) is 6.10 Å². The molecule has 1 atom stereocenters. The fourth-order valence-electron chi connectivity index (χ4n) is 1.87. The van der Waals surface area contributed by atoms with Gasteiger partial charge in [-0.05, 0) is 55.5 Å². The summed E-state index contributed by atoms with van der Waals surface area (Å²) in [5.74, 6) is -2.13. The van der Waals surface area contributed by atoms with Crippen LogP contribution in [0.15, 0.2) is 48.5 Å². The standard InChI is InChI=1S/C17H14F4N2O4/c1-10(26-13-8-4-12(18)5-9-13)15(24)22-23-16(25)11-2-6-14(7-3-11)27-17(19,20)21/h2-10H,1H3,(H,22,24)(H,23,25). The highest BCUT2D eigenvalue weighted by Gasteiger charge is 2.31. The lowest BCUT2D eigenvalue weighted by Gasteiger charge is -2.15. The minimum Gasteiger partial charge on any atom is -0.481 e. The van der Waals surface area contributed by atoms with Gasteiger partial charge in [0.2, 0.25) is 0 Å². The number of amides is 2. The Hall–Kier alpha value is -3.30. The Bertz CT molecular complexity index is 792. The Labute approximate surface area is 151 Å². The lowest BCUT2D eigenvalue weighted by Crippen LogP contribution is -2.47. The van der Waals surface area contributed by atoms with Crippen LogP contribution in [-0.2, 0) is 4.79 Å². The zero-order chi connectivity index (χ0) is 20.0. The lowest BCUT2D eigenvalue weighted by molar-refractivity contribution is -0.274. The minimum absolute atomic E-state index is 0.00284. The Morgan fingerprint density at radius 1 is 0.926 bits per heavy atom. The van der Waals surface area contributed by atoms with Crippen LogP contribution in [0, 0.1) is 5.82 Å². The molecule has 10 heteroatoms. The van der Waals surface area contributed by atoms with Crippen molar-refractivity contribution < 1.29 is 36.6 Å². The number of carbonyl (C=O) groups excluding carboxylic acids is 2. The first-order valence-corrected chi connectivity index (χ1v) is 7.52. The van der Waals surface area contributed by atoms with Crippen molar-refractivity contribution in [3.05, 3.63) is 59.9 Å². The second kappa shape index (κ2) is 8.39. The zero-order valence-corrected chi connectivity index (χ0v) is 13.8. The van der Waals surface area contributed by atoms with Gasteiger partial charge in [-0.2, -0.15) is 0 Å². The second-order valence-electron chi connectivity index (χ2n) is 5.23. The van der Waals surface area contributed by atoms with Crippen LogP contribution in [0.2, 0.25) is 0 Å². The fraction of sp³-hybridized carbons (Fsp3) is 0.176. The van der Waals surface area contributed by atoms with Crippen molar-refractivity contribution in [2.24, 2.45) is 0 Å². The number of halogens is 4. The van der Waals surface area contributed by atoms with Crippen LogP contribution in [0.1, 0.15) is 17.3 Å². The van der Waals surface area contributed by atoms with Gasteiger partial charge < -0.3 is 9.47 Å². The number of alkyl halides is 3. The lowest BCUT2D eigenvalue weighted by atomic mass is 10.2. The molecule has 27 heavy (non-hydrogen) atoms. The Morgan fingerprint density at radius 3 is 2.04 bits per heavy atom. The topological polar surface area (TPSA) is 76.7 Å². The normalized spacial score (nSPS) is 12.0. The highest BCUT2D eigenvalue weighted by molar-refractivity contribution is 5.95. The van der Waals surface area contributed by atoms with Gasteiger partial charge in [-0.3, -0.25) is 20.4 Å². The van der Waals surface area contributed by atoms with Crippen LogP contribution in [0.25, 0.3) is 0 Å². The van der Waals surface area contributed by atoms with Gasteiger partial charge >= 0.3 is 6.36 Å². The number of ether oxygens (including phenoxy) is 2. The number of hydrogen-bond donors (Lipinski definition) is 2. The highest BCUT2D eigenvalue weighted by Crippen LogP contribution is 2.22. The van der Waals surface area contributed by atoms with Gasteiger partial charge in [-0.15, -0.1) is 13.2 Å². The van der Waals surface area contributed by atoms with Gasteiger partial charge in [-0.25, -0.2) is 4.39 Å². The molecule has 0 spiro atoms. The summed E-state index contributed by atoms with van der Waals surface area (Å²) in [6, 6.07) is 9.11. The average molecular weight is 386 g/mol. The van der Waals surface area contributed by atoms with E-state index in [-0.39, 0.29) is 11.3 Å². The van der Waals surface area contributed by atoms with E-state index in [9.17, 15) is 27.2 Å². The molecule has 0 aliphatic heterocycles. The van der Waals surface area contributed by atoms with Crippen molar-refractivity contribution in [3.63, 3.8) is 0 Å². The number of benzene rings is 2. The molecule has 0 aliphatic rings. The largest absolute Gasteiger partial charge is 0.573 e. The molecule has 0 heterocycles. The van der Waals surface area contributed by atoms with Crippen molar-refractivity contribution in [3.8, 4) is 11.5 Å². The van der Waals surface area contributed by atoms with Crippen molar-refractivity contribution in [2.75, 3.05) is 0 Å². The van der Waals surface area contributed by atoms with E-state index in [1.54, 1.807) is 0 Å². The van der Waals surface area contributed by atoms with Crippen molar-refractivity contribution >= 4 is 11.8 Å². The molecule has 0 saturated carbocycles. The van der Waals surface area contributed by atoms with Crippen LogP contribution in [0.3, 0.4) is 0 Å². The van der Waals surface area contributed by atoms with E-state index < -0.39 is 35.8 Å². The molecule has 0 aliphatic carbocycles. The molecule has 0 radical (unpaired) electrons. The number of rotatable bonds is 5. The van der Waals surface area contributed by atoms with Crippen LogP contribution in [0.4, 0.5) is 17.6 Å². The number of nitrogens with one attached hydrogen (secondary N) is 2. The van der Waals surface area contributed by atoms with Gasteiger partial charge in [0.25, 0.3) is 11.8 Å². The first kappa shape index (κ1) is 20.0. The molecular weight excluding hydrogens is 372 g/mol. The summed E-state index contributed by atoms with van der Waals surface area (Å²) in [5, 5.41) is 0. The average Bonchev–Trinajstić information content (AvgIpc) is 2.60. The van der Waals surface area contributed by atoms with Crippen LogP contribution in [0.5, 0.6) is 11.5 Å². The quantitative estimate of drug-likeness (QED) is 0.612. The second-order valence-corrected chi connectivity index (χ2v) is 5.23. The van der Waals surface area contributed by atoms with E-state index >= 15 is 0 Å². The smallest absolute Gasteiger partial charge is 0.481 e. The van der Waals surface area contributed by atoms with Gasteiger partial charge in [0.1, 0.15) is 17.3 Å². The van der Waals surface area contributed by atoms with E-state index in [0.29, 0.717) is 0 Å². The SMILES string of the molecule is CC(Oc1ccc(F)cc1)C(=O)NNC(=O)c1ccc(OC(F)(F)F)cc1. The molecule has 0 bridgehead atoms. The molecule has 2 N–H and O–H groups in total. The van der Waals surface area contributed by atoms with Crippen LogP contribution >= 0.6 is 0 Å². The highest BCUT2D eigenvalue weighted by atomic mass is 19.4. The molecular formula is C17H14F4N2O4. The van der Waals surface area contributed by atoms with E-state index in [4.69, 9.17) is 4.74 Å². The molecule has 2 aromatic rings. The maximum Gasteiger partial charge on any atom is 0.573 e. The molecule has 2 rings (SSSR count). The molecule has 6 nitrogen and oxygen atoms in total. The first-order valence-electron chi connectivity index (χ1n) is 7.52. The van der Waals surface area contributed by atoms with Gasteiger partial charge in [-0.1, -0.05) is 0 Å². The Balaban J connectivity index is 1.85. The summed E-state index contributed by atoms with van der Waals surface area (Å²) in [7, 11) is 0. The van der Waals surface area contributed by atoms with E-state index in [0.717, 1.165) is 36.4 Å². The third-order valence-electron chi connectivity index (χ3n) is 3.15. The third-order valence-corrected chi connectivity index (χ3v) is 3.15. The Morgan fingerprint density at radius 2 is 1.48 bits per heavy atom. The van der Waals surface area contributed by atoms with Gasteiger partial charge in [0.05, 0.1) is 0 Å². The van der Waals surface area contributed by atoms with Crippen molar-refractivity contribution in [2.45, 2.75) is 19.4 Å². The molecule has 2 aromatic carbocycles. The summed E-state index contributed by atoms with van der Waals surface area (Å²) in [6.07, 6.45) is -5.84. The summed E-state index contributed by atoms with van der Waals surface area (Å²) < 4.78 is 58.0. The number of carbonyl (C=O) groups is 2. The van der Waals surface area contributed by atoms with Gasteiger partial charge in [0, 0.05) is 5.56 Å². The summed E-state index contributed by atoms with van der Waals surface area (Å²) in [5.41, 5.74) is 4.21. The molecule has 0 fully saturated rings. The van der Waals surface area contributed by atoms with E-state index in [2.05, 4.69) is 15.6 Å². The van der Waals surface area contributed by atoms with Crippen LogP contribution < -0.4 is 20.3 Å². The maximum absolute atomic E-state index is 12.8. The Kier molecular flexibility index (Phi) is 6.22. The summed E-state index contributed by atoms with van der Waals surface area (Å²) >= 11 is 0. The van der Waals surface area contributed by atoms with E-state index in [1.807, 2.05) is 0 Å².